The van der Waals surface area contributed by atoms with Crippen LogP contribution in [-0.2, 0) is 23.0 Å². The molecule has 0 bridgehead atoms. The van der Waals surface area contributed by atoms with Crippen LogP contribution >= 0.6 is 11.8 Å². The molecule has 0 aliphatic heterocycles. The average molecular weight is 345 g/mol. The normalized spacial score (nSPS) is 15.4. The van der Waals surface area contributed by atoms with Crippen molar-refractivity contribution in [3.8, 4) is 0 Å². The molecule has 24 heavy (non-hydrogen) atoms. The summed E-state index contributed by atoms with van der Waals surface area (Å²) < 4.78 is 7.49. The van der Waals surface area contributed by atoms with E-state index in [0.717, 1.165) is 43.1 Å². The van der Waals surface area contributed by atoms with Gasteiger partial charge in [0.2, 0.25) is 0 Å². The zero-order valence-electron chi connectivity index (χ0n) is 14.0. The highest BCUT2D eigenvalue weighted by molar-refractivity contribution is 7.99. The number of carbonyl (C=O) groups is 1. The highest BCUT2D eigenvalue weighted by Crippen LogP contribution is 2.22. The minimum absolute atomic E-state index is 0.111. The van der Waals surface area contributed by atoms with Gasteiger partial charge in [-0.25, -0.2) is 0 Å². The van der Waals surface area contributed by atoms with Crippen molar-refractivity contribution in [1.82, 2.24) is 14.8 Å². The molecule has 1 aliphatic carbocycles. The maximum Gasteiger partial charge on any atom is 0.316 e. The Hall–Kier alpha value is -1.82. The molecular weight excluding hydrogens is 322 g/mol. The quantitative estimate of drug-likeness (QED) is 0.593. The van der Waals surface area contributed by atoms with Crippen LogP contribution in [-0.4, -0.2) is 32.6 Å². The number of carbonyl (C=O) groups excluding carboxylic acids is 1. The van der Waals surface area contributed by atoms with Gasteiger partial charge >= 0.3 is 5.97 Å². The molecule has 0 amide bonds. The molecule has 3 rings (SSSR count). The van der Waals surface area contributed by atoms with Crippen LogP contribution in [0.2, 0.25) is 0 Å². The Kier molecular flexibility index (Phi) is 5.91. The molecule has 1 fully saturated rings. The number of esters is 1. The molecule has 6 heteroatoms. The van der Waals surface area contributed by atoms with Gasteiger partial charge in [0.15, 0.2) is 5.16 Å². The predicted octanol–water partition coefficient (Wildman–Crippen LogP) is 3.37. The average Bonchev–Trinajstić information content (AvgIpc) is 2.95. The summed E-state index contributed by atoms with van der Waals surface area (Å²) in [5.41, 5.74) is 1.20. The maximum absolute atomic E-state index is 12.0. The van der Waals surface area contributed by atoms with Gasteiger partial charge in [0, 0.05) is 13.5 Å². The molecule has 0 atom stereocenters. The third kappa shape index (κ3) is 4.60. The third-order valence-corrected chi connectivity index (χ3v) is 5.29. The summed E-state index contributed by atoms with van der Waals surface area (Å²) in [7, 11) is 1.94. The first kappa shape index (κ1) is 17.0. The van der Waals surface area contributed by atoms with E-state index < -0.39 is 0 Å². The molecule has 2 aromatic rings. The van der Waals surface area contributed by atoms with Crippen LogP contribution in [0.1, 0.15) is 43.5 Å². The molecule has 1 saturated carbocycles. The molecular formula is C18H23N3O2S. The number of aromatic nitrogens is 3. The summed E-state index contributed by atoms with van der Waals surface area (Å²) in [5.74, 6) is 1.03. The topological polar surface area (TPSA) is 57.0 Å². The number of hydrogen-bond acceptors (Lipinski definition) is 5. The van der Waals surface area contributed by atoms with Gasteiger partial charge in [-0.05, 0) is 31.2 Å². The Balaban J connectivity index is 1.51. The largest absolute Gasteiger partial charge is 0.462 e. The van der Waals surface area contributed by atoms with Crippen LogP contribution in [0.15, 0.2) is 35.5 Å². The first-order valence-corrected chi connectivity index (χ1v) is 9.45. The highest BCUT2D eigenvalue weighted by atomic mass is 32.2. The van der Waals surface area contributed by atoms with Crippen LogP contribution in [0.5, 0.6) is 0 Å². The van der Waals surface area contributed by atoms with Crippen LogP contribution in [0, 0.1) is 0 Å². The van der Waals surface area contributed by atoms with Gasteiger partial charge in [-0.15, -0.1) is 10.2 Å². The lowest BCUT2D eigenvalue weighted by Crippen LogP contribution is -2.22. The zero-order chi connectivity index (χ0) is 16.8. The molecule has 0 radical (unpaired) electrons. The molecule has 1 aromatic carbocycles. The van der Waals surface area contributed by atoms with Gasteiger partial charge < -0.3 is 9.30 Å². The van der Waals surface area contributed by atoms with Crippen LogP contribution in [0.4, 0.5) is 0 Å². The third-order valence-electron chi connectivity index (χ3n) is 4.30. The fourth-order valence-corrected chi connectivity index (χ4v) is 3.64. The summed E-state index contributed by atoms with van der Waals surface area (Å²) in [6.07, 6.45) is 6.43. The van der Waals surface area contributed by atoms with Crippen LogP contribution in [0.25, 0.3) is 0 Å². The van der Waals surface area contributed by atoms with Gasteiger partial charge in [0.1, 0.15) is 11.9 Å². The number of benzene rings is 1. The smallest absolute Gasteiger partial charge is 0.316 e. The Morgan fingerprint density at radius 3 is 2.71 bits per heavy atom. The van der Waals surface area contributed by atoms with E-state index in [1.54, 1.807) is 0 Å². The van der Waals surface area contributed by atoms with E-state index in [2.05, 4.69) is 22.3 Å². The number of ether oxygens (including phenoxy) is 1. The summed E-state index contributed by atoms with van der Waals surface area (Å²) in [4.78, 5) is 12.0. The van der Waals surface area contributed by atoms with Crippen molar-refractivity contribution in [1.29, 1.82) is 0 Å². The number of rotatable bonds is 6. The van der Waals surface area contributed by atoms with E-state index in [4.69, 9.17) is 4.74 Å². The lowest BCUT2D eigenvalue weighted by atomic mass is 9.98. The first-order chi connectivity index (χ1) is 11.7. The molecule has 1 aromatic heterocycles. The molecule has 5 nitrogen and oxygen atoms in total. The van der Waals surface area contributed by atoms with E-state index in [1.807, 2.05) is 29.8 Å². The number of nitrogens with zero attached hydrogens (tertiary/aromatic N) is 3. The molecule has 0 N–H and O–H groups in total. The van der Waals surface area contributed by atoms with Gasteiger partial charge in [0.05, 0.1) is 5.75 Å². The lowest BCUT2D eigenvalue weighted by molar-refractivity contribution is -0.147. The standard InChI is InChI=1S/C18H23N3O2S/c1-21-16(12-14-8-4-2-5-9-14)19-20-18(21)24-13-17(22)23-15-10-6-3-7-11-15/h2,4-5,8-9,15H,3,6-7,10-13H2,1H3. The van der Waals surface area contributed by atoms with Crippen molar-refractivity contribution >= 4 is 17.7 Å². The lowest BCUT2D eigenvalue weighted by Gasteiger charge is -2.21. The van der Waals surface area contributed by atoms with Crippen LogP contribution < -0.4 is 0 Å². The summed E-state index contributed by atoms with van der Waals surface area (Å²) in [5, 5.41) is 9.19. The van der Waals surface area contributed by atoms with Gasteiger partial charge in [-0.2, -0.15) is 0 Å². The molecule has 1 heterocycles. The second-order valence-electron chi connectivity index (χ2n) is 6.16. The van der Waals surface area contributed by atoms with Crippen molar-refractivity contribution < 1.29 is 9.53 Å². The Morgan fingerprint density at radius 1 is 1.21 bits per heavy atom. The second kappa shape index (κ2) is 8.33. The molecule has 0 unspecified atom stereocenters. The Labute approximate surface area is 146 Å². The Morgan fingerprint density at radius 2 is 1.96 bits per heavy atom. The summed E-state index contributed by atoms with van der Waals surface area (Å²) in [6.45, 7) is 0. The fraction of sp³-hybridized carbons (Fsp3) is 0.500. The summed E-state index contributed by atoms with van der Waals surface area (Å²) in [6, 6.07) is 10.2. The van der Waals surface area contributed by atoms with Crippen molar-refractivity contribution in [3.63, 3.8) is 0 Å². The Bertz CT molecular complexity index is 666. The number of thioether (sulfide) groups is 1. The van der Waals surface area contributed by atoms with E-state index in [9.17, 15) is 4.79 Å². The predicted molar refractivity (Wildman–Crippen MR) is 93.9 cm³/mol. The van der Waals surface area contributed by atoms with Gasteiger partial charge in [-0.3, -0.25) is 4.79 Å². The van der Waals surface area contributed by atoms with E-state index in [-0.39, 0.29) is 17.8 Å². The second-order valence-corrected chi connectivity index (χ2v) is 7.10. The van der Waals surface area contributed by atoms with Crippen molar-refractivity contribution in [2.45, 2.75) is 49.8 Å². The number of hydrogen-bond donors (Lipinski definition) is 0. The first-order valence-electron chi connectivity index (χ1n) is 8.47. The van der Waals surface area contributed by atoms with Crippen molar-refractivity contribution in [2.75, 3.05) is 5.75 Å². The van der Waals surface area contributed by atoms with E-state index in [1.165, 1.54) is 23.7 Å². The minimum Gasteiger partial charge on any atom is -0.462 e. The molecule has 0 saturated heterocycles. The van der Waals surface area contributed by atoms with E-state index in [0.29, 0.717) is 0 Å². The maximum atomic E-state index is 12.0. The van der Waals surface area contributed by atoms with E-state index >= 15 is 0 Å². The fourth-order valence-electron chi connectivity index (χ4n) is 2.93. The van der Waals surface area contributed by atoms with Crippen LogP contribution in [0.3, 0.4) is 0 Å². The monoisotopic (exact) mass is 345 g/mol. The minimum atomic E-state index is -0.153. The highest BCUT2D eigenvalue weighted by Gasteiger charge is 2.18. The van der Waals surface area contributed by atoms with Crippen molar-refractivity contribution in [2.24, 2.45) is 7.05 Å². The molecule has 1 aliphatic rings. The van der Waals surface area contributed by atoms with Gasteiger partial charge in [-0.1, -0.05) is 48.5 Å². The zero-order valence-corrected chi connectivity index (χ0v) is 14.8. The molecule has 0 spiro atoms. The summed E-state index contributed by atoms with van der Waals surface area (Å²) >= 11 is 1.39. The molecule has 128 valence electrons. The van der Waals surface area contributed by atoms with Crippen molar-refractivity contribution in [3.05, 3.63) is 41.7 Å². The van der Waals surface area contributed by atoms with Gasteiger partial charge in [0.25, 0.3) is 0 Å². The SMILES string of the molecule is Cn1c(Cc2ccccc2)nnc1SCC(=O)OC1CCCCC1.